The van der Waals surface area contributed by atoms with Gasteiger partial charge in [-0.1, -0.05) is 5.16 Å². The number of nitrogens with two attached hydrogens (primary N) is 1. The van der Waals surface area contributed by atoms with Crippen LogP contribution in [0.1, 0.15) is 49.9 Å². The third-order valence-corrected chi connectivity index (χ3v) is 3.77. The standard InChI is InChI=1S/C10H17N3OS/c1-7(11)10-12-9(13-14-10)8-3-2-5-15-6-4-8/h7-8H,2-6,11H2,1H3/t7-,8+/m0/s1. The van der Waals surface area contributed by atoms with Gasteiger partial charge < -0.3 is 10.3 Å². The predicted octanol–water partition coefficient (Wildman–Crippen LogP) is 2.09. The quantitative estimate of drug-likeness (QED) is 0.838. The molecule has 0 aromatic carbocycles. The van der Waals surface area contributed by atoms with Gasteiger partial charge in [0, 0.05) is 5.92 Å². The lowest BCUT2D eigenvalue weighted by atomic mass is 10.0. The van der Waals surface area contributed by atoms with Crippen molar-refractivity contribution in [3.8, 4) is 0 Å². The van der Waals surface area contributed by atoms with Crippen molar-refractivity contribution in [2.75, 3.05) is 11.5 Å². The van der Waals surface area contributed by atoms with Gasteiger partial charge in [-0.15, -0.1) is 0 Å². The van der Waals surface area contributed by atoms with Crippen molar-refractivity contribution >= 4 is 11.8 Å². The second kappa shape index (κ2) is 4.99. The highest BCUT2D eigenvalue weighted by molar-refractivity contribution is 7.99. The molecule has 2 atom stereocenters. The van der Waals surface area contributed by atoms with Crippen LogP contribution in [0, 0.1) is 0 Å². The van der Waals surface area contributed by atoms with E-state index in [2.05, 4.69) is 10.1 Å². The van der Waals surface area contributed by atoms with Crippen molar-refractivity contribution in [3.05, 3.63) is 11.7 Å². The van der Waals surface area contributed by atoms with E-state index in [0.29, 0.717) is 11.8 Å². The second-order valence-electron chi connectivity index (χ2n) is 4.02. The Morgan fingerprint density at radius 2 is 2.33 bits per heavy atom. The highest BCUT2D eigenvalue weighted by Crippen LogP contribution is 2.29. The topological polar surface area (TPSA) is 64.9 Å². The fourth-order valence-corrected chi connectivity index (χ4v) is 2.79. The number of hydrogen-bond donors (Lipinski definition) is 1. The monoisotopic (exact) mass is 227 g/mol. The van der Waals surface area contributed by atoms with E-state index in [-0.39, 0.29) is 6.04 Å². The maximum atomic E-state index is 5.69. The van der Waals surface area contributed by atoms with Crippen LogP contribution in [-0.4, -0.2) is 21.6 Å². The van der Waals surface area contributed by atoms with E-state index >= 15 is 0 Å². The summed E-state index contributed by atoms with van der Waals surface area (Å²) in [4.78, 5) is 4.36. The molecule has 15 heavy (non-hydrogen) atoms. The van der Waals surface area contributed by atoms with Gasteiger partial charge in [-0.05, 0) is 37.7 Å². The normalized spacial score (nSPS) is 24.8. The first-order chi connectivity index (χ1) is 7.27. The molecule has 0 bridgehead atoms. The van der Waals surface area contributed by atoms with E-state index in [1.807, 2.05) is 18.7 Å². The lowest BCUT2D eigenvalue weighted by Crippen LogP contribution is -2.06. The molecule has 1 aliphatic rings. The maximum absolute atomic E-state index is 5.69. The maximum Gasteiger partial charge on any atom is 0.243 e. The Labute approximate surface area is 94.0 Å². The van der Waals surface area contributed by atoms with Crippen LogP contribution in [0.15, 0.2) is 4.52 Å². The zero-order valence-corrected chi connectivity index (χ0v) is 9.80. The molecule has 0 unspecified atom stereocenters. The molecular weight excluding hydrogens is 210 g/mol. The van der Waals surface area contributed by atoms with Crippen molar-refractivity contribution in [1.29, 1.82) is 0 Å². The Morgan fingerprint density at radius 1 is 1.47 bits per heavy atom. The van der Waals surface area contributed by atoms with Gasteiger partial charge >= 0.3 is 0 Å². The lowest BCUT2D eigenvalue weighted by Gasteiger charge is -2.06. The van der Waals surface area contributed by atoms with E-state index in [9.17, 15) is 0 Å². The van der Waals surface area contributed by atoms with Crippen molar-refractivity contribution < 1.29 is 4.52 Å². The Hall–Kier alpha value is -0.550. The molecule has 5 heteroatoms. The van der Waals surface area contributed by atoms with Crippen LogP contribution in [0.25, 0.3) is 0 Å². The molecule has 0 saturated carbocycles. The summed E-state index contributed by atoms with van der Waals surface area (Å²) in [7, 11) is 0. The number of aromatic nitrogens is 2. The molecule has 1 fully saturated rings. The van der Waals surface area contributed by atoms with Gasteiger partial charge in [-0.2, -0.15) is 16.7 Å². The minimum absolute atomic E-state index is 0.161. The summed E-state index contributed by atoms with van der Waals surface area (Å²) in [5.74, 6) is 4.34. The van der Waals surface area contributed by atoms with Crippen LogP contribution in [-0.2, 0) is 0 Å². The Kier molecular flexibility index (Phi) is 3.64. The van der Waals surface area contributed by atoms with Gasteiger partial charge in [0.15, 0.2) is 5.82 Å². The SMILES string of the molecule is C[C@H](N)c1nc([C@@H]2CCCSCC2)no1. The van der Waals surface area contributed by atoms with Crippen LogP contribution in [0.3, 0.4) is 0 Å². The largest absolute Gasteiger partial charge is 0.338 e. The molecule has 0 aliphatic carbocycles. The lowest BCUT2D eigenvalue weighted by molar-refractivity contribution is 0.353. The van der Waals surface area contributed by atoms with E-state index in [1.165, 1.54) is 24.3 Å². The smallest absolute Gasteiger partial charge is 0.243 e. The molecule has 84 valence electrons. The highest BCUT2D eigenvalue weighted by Gasteiger charge is 2.20. The Morgan fingerprint density at radius 3 is 3.07 bits per heavy atom. The van der Waals surface area contributed by atoms with E-state index in [4.69, 9.17) is 10.3 Å². The minimum atomic E-state index is -0.161. The molecule has 0 amide bonds. The average Bonchev–Trinajstić information content (AvgIpc) is 2.55. The van der Waals surface area contributed by atoms with Gasteiger partial charge in [0.1, 0.15) is 0 Å². The number of hydrogen-bond acceptors (Lipinski definition) is 5. The summed E-state index contributed by atoms with van der Waals surface area (Å²) in [6.45, 7) is 1.86. The second-order valence-corrected chi connectivity index (χ2v) is 5.24. The van der Waals surface area contributed by atoms with E-state index < -0.39 is 0 Å². The number of rotatable bonds is 2. The number of thioether (sulfide) groups is 1. The van der Waals surface area contributed by atoms with E-state index in [1.54, 1.807) is 0 Å². The molecule has 2 rings (SSSR count). The summed E-state index contributed by atoms with van der Waals surface area (Å²) in [6, 6.07) is -0.161. The van der Waals surface area contributed by atoms with Gasteiger partial charge in [-0.3, -0.25) is 0 Å². The first kappa shape index (κ1) is 11.0. The molecule has 2 N–H and O–H groups in total. The van der Waals surface area contributed by atoms with Crippen LogP contribution in [0.5, 0.6) is 0 Å². The summed E-state index contributed by atoms with van der Waals surface area (Å²) in [5.41, 5.74) is 5.69. The number of nitrogens with zero attached hydrogens (tertiary/aromatic N) is 2. The zero-order chi connectivity index (χ0) is 10.7. The fraction of sp³-hybridized carbons (Fsp3) is 0.800. The summed E-state index contributed by atoms with van der Waals surface area (Å²) in [6.07, 6.45) is 3.57. The molecule has 0 spiro atoms. The Bertz CT molecular complexity index is 305. The minimum Gasteiger partial charge on any atom is -0.338 e. The summed E-state index contributed by atoms with van der Waals surface area (Å²) >= 11 is 2.02. The van der Waals surface area contributed by atoms with Gasteiger partial charge in [0.05, 0.1) is 6.04 Å². The van der Waals surface area contributed by atoms with E-state index in [0.717, 1.165) is 12.2 Å². The van der Waals surface area contributed by atoms with Crippen molar-refractivity contribution in [1.82, 2.24) is 10.1 Å². The van der Waals surface area contributed by atoms with Crippen LogP contribution in [0.2, 0.25) is 0 Å². The predicted molar refractivity (Wildman–Crippen MR) is 60.8 cm³/mol. The molecule has 1 aromatic heterocycles. The van der Waals surface area contributed by atoms with Gasteiger partial charge in [0.25, 0.3) is 0 Å². The molecule has 2 heterocycles. The molecule has 0 radical (unpaired) electrons. The average molecular weight is 227 g/mol. The Balaban J connectivity index is 2.06. The highest BCUT2D eigenvalue weighted by atomic mass is 32.2. The summed E-state index contributed by atoms with van der Waals surface area (Å²) in [5, 5.41) is 4.03. The third-order valence-electron chi connectivity index (χ3n) is 2.66. The van der Waals surface area contributed by atoms with Gasteiger partial charge in [-0.25, -0.2) is 0 Å². The fourth-order valence-electron chi connectivity index (χ4n) is 1.76. The zero-order valence-electron chi connectivity index (χ0n) is 8.98. The van der Waals surface area contributed by atoms with Crippen LogP contribution < -0.4 is 5.73 Å². The van der Waals surface area contributed by atoms with Gasteiger partial charge in [0.2, 0.25) is 5.89 Å². The summed E-state index contributed by atoms with van der Waals surface area (Å²) < 4.78 is 5.13. The molecule has 1 saturated heterocycles. The van der Waals surface area contributed by atoms with Crippen molar-refractivity contribution in [2.24, 2.45) is 5.73 Å². The van der Waals surface area contributed by atoms with Crippen molar-refractivity contribution in [2.45, 2.75) is 38.1 Å². The molecule has 1 aliphatic heterocycles. The first-order valence-corrected chi connectivity index (χ1v) is 6.59. The van der Waals surface area contributed by atoms with Crippen LogP contribution >= 0.6 is 11.8 Å². The van der Waals surface area contributed by atoms with Crippen molar-refractivity contribution in [3.63, 3.8) is 0 Å². The first-order valence-electron chi connectivity index (χ1n) is 5.44. The van der Waals surface area contributed by atoms with Crippen LogP contribution in [0.4, 0.5) is 0 Å². The third kappa shape index (κ3) is 2.72. The molecular formula is C10H17N3OS. The molecule has 1 aromatic rings. The molecule has 4 nitrogen and oxygen atoms in total.